The van der Waals surface area contributed by atoms with Crippen molar-refractivity contribution in [3.05, 3.63) is 47.3 Å². The van der Waals surface area contributed by atoms with Crippen LogP contribution in [0.3, 0.4) is 0 Å². The Morgan fingerprint density at radius 1 is 1.17 bits per heavy atom. The first-order valence-electron chi connectivity index (χ1n) is 9.32. The third-order valence-electron chi connectivity index (χ3n) is 4.80. The molecule has 1 saturated heterocycles. The SMILES string of the molecule is CN=C(NCc1ccc(N2CCOCC2)cc1C(F)(F)F)NCc1ccnn1C. The first-order valence-corrected chi connectivity index (χ1v) is 9.32. The van der Waals surface area contributed by atoms with Gasteiger partial charge in [-0.2, -0.15) is 18.3 Å². The van der Waals surface area contributed by atoms with Gasteiger partial charge in [0.1, 0.15) is 0 Å². The van der Waals surface area contributed by atoms with Gasteiger partial charge in [0.15, 0.2) is 5.96 Å². The highest BCUT2D eigenvalue weighted by Gasteiger charge is 2.34. The lowest BCUT2D eigenvalue weighted by molar-refractivity contribution is -0.138. The number of benzene rings is 1. The highest BCUT2D eigenvalue weighted by molar-refractivity contribution is 5.79. The quantitative estimate of drug-likeness (QED) is 0.584. The van der Waals surface area contributed by atoms with Crippen LogP contribution in [-0.2, 0) is 31.1 Å². The van der Waals surface area contributed by atoms with Crippen LogP contribution in [0.5, 0.6) is 0 Å². The van der Waals surface area contributed by atoms with E-state index < -0.39 is 11.7 Å². The van der Waals surface area contributed by atoms with Crippen LogP contribution >= 0.6 is 0 Å². The molecule has 0 radical (unpaired) electrons. The zero-order chi connectivity index (χ0) is 20.9. The number of morpholine rings is 1. The summed E-state index contributed by atoms with van der Waals surface area (Å²) < 4.78 is 48.0. The summed E-state index contributed by atoms with van der Waals surface area (Å²) in [6.45, 7) is 2.66. The Balaban J connectivity index is 1.69. The van der Waals surface area contributed by atoms with Crippen molar-refractivity contribution in [1.29, 1.82) is 0 Å². The van der Waals surface area contributed by atoms with Gasteiger partial charge in [-0.1, -0.05) is 6.07 Å². The molecule has 3 rings (SSSR count). The van der Waals surface area contributed by atoms with Crippen molar-refractivity contribution >= 4 is 11.6 Å². The number of nitrogens with zero attached hydrogens (tertiary/aromatic N) is 4. The number of aryl methyl sites for hydroxylation is 1. The normalized spacial score (nSPS) is 15.5. The molecule has 2 N–H and O–H groups in total. The van der Waals surface area contributed by atoms with E-state index in [1.807, 2.05) is 18.0 Å². The van der Waals surface area contributed by atoms with Crippen molar-refractivity contribution in [2.75, 3.05) is 38.3 Å². The second kappa shape index (κ2) is 9.17. The molecule has 0 unspecified atom stereocenters. The molecule has 1 aromatic carbocycles. The molecule has 0 saturated carbocycles. The molecule has 2 aromatic rings. The van der Waals surface area contributed by atoms with Crippen molar-refractivity contribution in [1.82, 2.24) is 20.4 Å². The highest BCUT2D eigenvalue weighted by Crippen LogP contribution is 2.35. The molecule has 0 bridgehead atoms. The van der Waals surface area contributed by atoms with E-state index in [-0.39, 0.29) is 12.1 Å². The molecule has 158 valence electrons. The molecule has 0 spiro atoms. The van der Waals surface area contributed by atoms with Gasteiger partial charge < -0.3 is 20.3 Å². The Bertz CT molecular complexity index is 843. The zero-order valence-electron chi connectivity index (χ0n) is 16.5. The fraction of sp³-hybridized carbons (Fsp3) is 0.474. The molecule has 1 fully saturated rings. The Labute approximate surface area is 167 Å². The standard InChI is InChI=1S/C19H25F3N6O/c1-23-18(25-13-16-5-6-26-27(16)2)24-12-14-3-4-15(11-17(14)19(20,21)22)28-7-9-29-10-8-28/h3-6,11H,7-10,12-13H2,1-2H3,(H2,23,24,25). The first kappa shape index (κ1) is 21.0. The predicted octanol–water partition coefficient (Wildman–Crippen LogP) is 2.14. The minimum absolute atomic E-state index is 0.00327. The van der Waals surface area contributed by atoms with Crippen LogP contribution in [0.4, 0.5) is 18.9 Å². The van der Waals surface area contributed by atoms with Crippen LogP contribution in [0, 0.1) is 0 Å². The molecule has 0 aliphatic carbocycles. The maximum atomic E-state index is 13.7. The number of hydrogen-bond donors (Lipinski definition) is 2. The van der Waals surface area contributed by atoms with Gasteiger partial charge in [-0.3, -0.25) is 9.67 Å². The van der Waals surface area contributed by atoms with Crippen LogP contribution in [0.1, 0.15) is 16.8 Å². The van der Waals surface area contributed by atoms with E-state index in [2.05, 4.69) is 20.7 Å². The minimum Gasteiger partial charge on any atom is -0.378 e. The largest absolute Gasteiger partial charge is 0.416 e. The number of anilines is 1. The molecule has 1 aliphatic heterocycles. The Hall–Kier alpha value is -2.75. The molecule has 2 heterocycles. The lowest BCUT2D eigenvalue weighted by atomic mass is 10.0. The Morgan fingerprint density at radius 2 is 1.90 bits per heavy atom. The first-order chi connectivity index (χ1) is 13.9. The second-order valence-electron chi connectivity index (χ2n) is 6.66. The molecule has 0 atom stereocenters. The van der Waals surface area contributed by atoms with Gasteiger partial charge in [0, 0.05) is 45.6 Å². The van der Waals surface area contributed by atoms with Gasteiger partial charge in [0.2, 0.25) is 0 Å². The van der Waals surface area contributed by atoms with E-state index in [4.69, 9.17) is 4.74 Å². The number of ether oxygens (including phenoxy) is 1. The number of aromatic nitrogens is 2. The van der Waals surface area contributed by atoms with E-state index in [0.717, 1.165) is 5.69 Å². The minimum atomic E-state index is -4.44. The van der Waals surface area contributed by atoms with E-state index in [9.17, 15) is 13.2 Å². The van der Waals surface area contributed by atoms with Gasteiger partial charge in [-0.15, -0.1) is 0 Å². The molecular weight excluding hydrogens is 385 g/mol. The Kier molecular flexibility index (Phi) is 6.63. The van der Waals surface area contributed by atoms with Gasteiger partial charge in [0.25, 0.3) is 0 Å². The topological polar surface area (TPSA) is 66.7 Å². The molecule has 29 heavy (non-hydrogen) atoms. The summed E-state index contributed by atoms with van der Waals surface area (Å²) in [5.74, 6) is 0.414. The van der Waals surface area contributed by atoms with Gasteiger partial charge >= 0.3 is 6.18 Å². The maximum absolute atomic E-state index is 13.7. The number of nitrogens with one attached hydrogen (secondary N) is 2. The summed E-state index contributed by atoms with van der Waals surface area (Å²) in [6.07, 6.45) is -2.76. The van der Waals surface area contributed by atoms with Gasteiger partial charge in [-0.25, -0.2) is 0 Å². The maximum Gasteiger partial charge on any atom is 0.416 e. The summed E-state index contributed by atoms with van der Waals surface area (Å²) >= 11 is 0. The summed E-state index contributed by atoms with van der Waals surface area (Å²) in [4.78, 5) is 5.98. The summed E-state index contributed by atoms with van der Waals surface area (Å²) in [7, 11) is 3.39. The van der Waals surface area contributed by atoms with Gasteiger partial charge in [0.05, 0.1) is 31.0 Å². The number of rotatable bonds is 5. The molecule has 1 aliphatic rings. The number of guanidine groups is 1. The predicted molar refractivity (Wildman–Crippen MR) is 105 cm³/mol. The third-order valence-corrected chi connectivity index (χ3v) is 4.80. The van der Waals surface area contributed by atoms with E-state index in [0.29, 0.717) is 44.5 Å². The zero-order valence-corrected chi connectivity index (χ0v) is 16.5. The van der Waals surface area contributed by atoms with Crippen LogP contribution in [0.2, 0.25) is 0 Å². The van der Waals surface area contributed by atoms with Crippen molar-refractivity contribution in [2.24, 2.45) is 12.0 Å². The van der Waals surface area contributed by atoms with Crippen LogP contribution in [-0.4, -0.2) is 49.1 Å². The lowest BCUT2D eigenvalue weighted by Gasteiger charge is -2.29. The molecule has 7 nitrogen and oxygen atoms in total. The van der Waals surface area contributed by atoms with Crippen molar-refractivity contribution in [2.45, 2.75) is 19.3 Å². The lowest BCUT2D eigenvalue weighted by Crippen LogP contribution is -2.37. The fourth-order valence-corrected chi connectivity index (χ4v) is 3.15. The monoisotopic (exact) mass is 410 g/mol. The summed E-state index contributed by atoms with van der Waals surface area (Å²) in [6, 6.07) is 6.32. The van der Waals surface area contributed by atoms with Crippen LogP contribution in [0.15, 0.2) is 35.5 Å². The molecular formula is C19H25F3N6O. The van der Waals surface area contributed by atoms with Crippen LogP contribution < -0.4 is 15.5 Å². The molecule has 0 amide bonds. The average molecular weight is 410 g/mol. The Morgan fingerprint density at radius 3 is 2.52 bits per heavy atom. The highest BCUT2D eigenvalue weighted by atomic mass is 19.4. The van der Waals surface area contributed by atoms with Gasteiger partial charge in [-0.05, 0) is 23.8 Å². The number of hydrogen-bond acceptors (Lipinski definition) is 4. The number of aliphatic imine (C=N–C) groups is 1. The van der Waals surface area contributed by atoms with Crippen LogP contribution in [0.25, 0.3) is 0 Å². The summed E-state index contributed by atoms with van der Waals surface area (Å²) in [5.41, 5.74) is 1.01. The van der Waals surface area contributed by atoms with Crippen molar-refractivity contribution < 1.29 is 17.9 Å². The smallest absolute Gasteiger partial charge is 0.378 e. The molecule has 10 heteroatoms. The number of halogens is 3. The fourth-order valence-electron chi connectivity index (χ4n) is 3.15. The van der Waals surface area contributed by atoms with E-state index in [1.54, 1.807) is 24.0 Å². The summed E-state index contributed by atoms with van der Waals surface area (Å²) in [5, 5.41) is 10.1. The molecule has 1 aromatic heterocycles. The van der Waals surface area contributed by atoms with E-state index >= 15 is 0 Å². The second-order valence-corrected chi connectivity index (χ2v) is 6.66. The van der Waals surface area contributed by atoms with Crippen molar-refractivity contribution in [3.63, 3.8) is 0 Å². The average Bonchev–Trinajstić information content (AvgIpc) is 3.13. The number of alkyl halides is 3. The van der Waals surface area contributed by atoms with E-state index in [1.165, 1.54) is 12.1 Å². The third kappa shape index (κ3) is 5.41. The van der Waals surface area contributed by atoms with Crippen molar-refractivity contribution in [3.8, 4) is 0 Å².